The number of hydrogen-bond donors (Lipinski definition) is 3. The van der Waals surface area contributed by atoms with Gasteiger partial charge < -0.3 is 25.2 Å². The lowest BCUT2D eigenvalue weighted by molar-refractivity contribution is 0.0422. The molecule has 32 heavy (non-hydrogen) atoms. The maximum atomic E-state index is 12.3. The van der Waals surface area contributed by atoms with E-state index in [0.717, 1.165) is 28.6 Å². The smallest absolute Gasteiger partial charge is 0.407 e. The summed E-state index contributed by atoms with van der Waals surface area (Å²) in [6, 6.07) is 7.18. The second-order valence-corrected chi connectivity index (χ2v) is 10.4. The van der Waals surface area contributed by atoms with Crippen molar-refractivity contribution < 1.29 is 19.4 Å². The Labute approximate surface area is 195 Å². The van der Waals surface area contributed by atoms with E-state index in [-0.39, 0.29) is 0 Å². The van der Waals surface area contributed by atoms with Crippen LogP contribution in [0.4, 0.5) is 4.79 Å². The minimum atomic E-state index is -0.759. The third-order valence-corrected chi connectivity index (χ3v) is 5.33. The first-order valence-electron chi connectivity index (χ1n) is 11.0. The van der Waals surface area contributed by atoms with Crippen molar-refractivity contribution in [3.63, 3.8) is 0 Å². The molecule has 0 spiro atoms. The van der Waals surface area contributed by atoms with Gasteiger partial charge in [0.1, 0.15) is 18.0 Å². The van der Waals surface area contributed by atoms with Gasteiger partial charge >= 0.3 is 6.09 Å². The van der Waals surface area contributed by atoms with Crippen LogP contribution in [0.5, 0.6) is 5.75 Å². The molecule has 1 aromatic heterocycles. The Morgan fingerprint density at radius 3 is 2.44 bits per heavy atom. The van der Waals surface area contributed by atoms with Gasteiger partial charge in [-0.05, 0) is 64.3 Å². The van der Waals surface area contributed by atoms with Crippen molar-refractivity contribution in [3.05, 3.63) is 45.9 Å². The standard InChI is InChI=1S/C24H37N3O4S/c1-16(2)12-25-13-22(28)21(27-23(29)31-24(4,5)6)11-18-7-9-20(10-8-18)30-14-19-15-32-17(3)26-19/h7-10,15-16,21-22,25,28H,11-14H2,1-6H3,(H,27,29)/t21?,22-/m1/s1. The highest BCUT2D eigenvalue weighted by atomic mass is 32.1. The van der Waals surface area contributed by atoms with Crippen molar-refractivity contribution in [3.8, 4) is 5.75 Å². The van der Waals surface area contributed by atoms with Crippen molar-refractivity contribution in [1.82, 2.24) is 15.6 Å². The van der Waals surface area contributed by atoms with Crippen molar-refractivity contribution in [2.45, 2.75) is 72.3 Å². The van der Waals surface area contributed by atoms with Gasteiger partial charge in [0.2, 0.25) is 0 Å². The van der Waals surface area contributed by atoms with Crippen LogP contribution in [-0.2, 0) is 17.8 Å². The molecule has 7 nitrogen and oxygen atoms in total. The predicted molar refractivity (Wildman–Crippen MR) is 128 cm³/mol. The zero-order chi connectivity index (χ0) is 23.7. The topological polar surface area (TPSA) is 92.7 Å². The number of aliphatic hydroxyl groups is 1. The number of carbonyl (C=O) groups is 1. The van der Waals surface area contributed by atoms with E-state index in [0.29, 0.717) is 25.5 Å². The summed E-state index contributed by atoms with van der Waals surface area (Å²) in [5, 5.41) is 19.8. The fourth-order valence-corrected chi connectivity index (χ4v) is 3.61. The van der Waals surface area contributed by atoms with E-state index in [1.807, 2.05) is 57.3 Å². The van der Waals surface area contributed by atoms with E-state index >= 15 is 0 Å². The first-order chi connectivity index (χ1) is 15.0. The molecule has 0 radical (unpaired) electrons. The molecule has 2 rings (SSSR count). The van der Waals surface area contributed by atoms with Gasteiger partial charge in [0, 0.05) is 11.9 Å². The summed E-state index contributed by atoms with van der Waals surface area (Å²) in [4.78, 5) is 16.7. The number of carbonyl (C=O) groups excluding carboxylic acids is 1. The van der Waals surface area contributed by atoms with Crippen LogP contribution in [0.15, 0.2) is 29.6 Å². The molecule has 1 aromatic carbocycles. The molecule has 0 saturated carbocycles. The third-order valence-electron chi connectivity index (χ3n) is 4.50. The lowest BCUT2D eigenvalue weighted by Crippen LogP contribution is -2.50. The van der Waals surface area contributed by atoms with Crippen LogP contribution in [0.1, 0.15) is 50.9 Å². The Balaban J connectivity index is 1.98. The molecule has 1 amide bonds. The zero-order valence-corrected chi connectivity index (χ0v) is 20.8. The van der Waals surface area contributed by atoms with E-state index in [4.69, 9.17) is 9.47 Å². The number of rotatable bonds is 11. The van der Waals surface area contributed by atoms with Gasteiger partial charge in [-0.15, -0.1) is 11.3 Å². The van der Waals surface area contributed by atoms with Crippen LogP contribution in [0.2, 0.25) is 0 Å². The number of nitrogens with one attached hydrogen (secondary N) is 2. The number of ether oxygens (including phenoxy) is 2. The number of hydrogen-bond acceptors (Lipinski definition) is 7. The van der Waals surface area contributed by atoms with Crippen LogP contribution in [0, 0.1) is 12.8 Å². The van der Waals surface area contributed by atoms with E-state index in [2.05, 4.69) is 29.5 Å². The van der Waals surface area contributed by atoms with E-state index in [1.54, 1.807) is 11.3 Å². The number of alkyl carbamates (subject to hydrolysis) is 1. The molecule has 1 unspecified atom stereocenters. The van der Waals surface area contributed by atoms with Crippen LogP contribution >= 0.6 is 11.3 Å². The SMILES string of the molecule is Cc1nc(COc2ccc(CC(NC(=O)OC(C)(C)C)[C@H](O)CNCC(C)C)cc2)cs1. The molecule has 0 fully saturated rings. The highest BCUT2D eigenvalue weighted by Crippen LogP contribution is 2.17. The van der Waals surface area contributed by atoms with Gasteiger partial charge in [-0.1, -0.05) is 26.0 Å². The van der Waals surface area contributed by atoms with Crippen LogP contribution in [-0.4, -0.2) is 47.0 Å². The van der Waals surface area contributed by atoms with Crippen molar-refractivity contribution in [2.75, 3.05) is 13.1 Å². The summed E-state index contributed by atoms with van der Waals surface area (Å²) in [6.45, 7) is 13.2. The van der Waals surface area contributed by atoms with Gasteiger partial charge in [0.15, 0.2) is 0 Å². The monoisotopic (exact) mass is 463 g/mol. The fraction of sp³-hybridized carbons (Fsp3) is 0.583. The van der Waals surface area contributed by atoms with Gasteiger partial charge in [0.05, 0.1) is 22.8 Å². The van der Waals surface area contributed by atoms with Gasteiger partial charge in [0.25, 0.3) is 0 Å². The highest BCUT2D eigenvalue weighted by molar-refractivity contribution is 7.09. The maximum absolute atomic E-state index is 12.3. The van der Waals surface area contributed by atoms with E-state index in [9.17, 15) is 9.90 Å². The zero-order valence-electron chi connectivity index (χ0n) is 20.0. The molecule has 2 atom stereocenters. The summed E-state index contributed by atoms with van der Waals surface area (Å²) in [5.74, 6) is 1.22. The molecule has 0 aliphatic rings. The van der Waals surface area contributed by atoms with E-state index < -0.39 is 23.8 Å². The van der Waals surface area contributed by atoms with Crippen molar-refractivity contribution in [2.24, 2.45) is 5.92 Å². The average molecular weight is 464 g/mol. The minimum Gasteiger partial charge on any atom is -0.487 e. The predicted octanol–water partition coefficient (Wildman–Crippen LogP) is 4.07. The van der Waals surface area contributed by atoms with Gasteiger partial charge in [-0.3, -0.25) is 0 Å². The number of nitrogens with zero attached hydrogens (tertiary/aromatic N) is 1. The number of amides is 1. The minimum absolute atomic E-state index is 0.382. The fourth-order valence-electron chi connectivity index (χ4n) is 3.01. The summed E-state index contributed by atoms with van der Waals surface area (Å²) >= 11 is 1.60. The Bertz CT molecular complexity index is 831. The molecule has 8 heteroatoms. The second-order valence-electron chi connectivity index (χ2n) is 9.37. The number of aromatic nitrogens is 1. The average Bonchev–Trinajstić information content (AvgIpc) is 3.10. The first-order valence-corrected chi connectivity index (χ1v) is 11.9. The lowest BCUT2D eigenvalue weighted by atomic mass is 10.0. The third kappa shape index (κ3) is 9.97. The molecule has 1 heterocycles. The summed E-state index contributed by atoms with van der Waals surface area (Å²) in [5.41, 5.74) is 1.28. The molecule has 0 saturated heterocycles. The first kappa shape index (κ1) is 26.1. The number of benzene rings is 1. The maximum Gasteiger partial charge on any atom is 0.407 e. The lowest BCUT2D eigenvalue weighted by Gasteiger charge is -2.27. The van der Waals surface area contributed by atoms with Crippen LogP contribution < -0.4 is 15.4 Å². The molecule has 0 aliphatic carbocycles. The molecular weight excluding hydrogens is 426 g/mol. The molecular formula is C24H37N3O4S. The van der Waals surface area contributed by atoms with Crippen LogP contribution in [0.25, 0.3) is 0 Å². The molecule has 0 aliphatic heterocycles. The highest BCUT2D eigenvalue weighted by Gasteiger charge is 2.25. The molecule has 0 bridgehead atoms. The summed E-state index contributed by atoms with van der Waals surface area (Å²) < 4.78 is 11.2. The van der Waals surface area contributed by atoms with Crippen molar-refractivity contribution >= 4 is 17.4 Å². The largest absolute Gasteiger partial charge is 0.487 e. The Kier molecular flexibility index (Phi) is 9.93. The van der Waals surface area contributed by atoms with Crippen molar-refractivity contribution in [1.29, 1.82) is 0 Å². The normalized spacial score (nSPS) is 13.6. The van der Waals surface area contributed by atoms with Gasteiger partial charge in [-0.2, -0.15) is 0 Å². The van der Waals surface area contributed by atoms with Crippen LogP contribution in [0.3, 0.4) is 0 Å². The Hall–Kier alpha value is -2.16. The number of aliphatic hydroxyl groups excluding tert-OH is 1. The second kappa shape index (κ2) is 12.2. The molecule has 178 valence electrons. The summed E-state index contributed by atoms with van der Waals surface area (Å²) in [7, 11) is 0. The molecule has 2 aromatic rings. The number of thiazole rings is 1. The molecule has 3 N–H and O–H groups in total. The van der Waals surface area contributed by atoms with Gasteiger partial charge in [-0.25, -0.2) is 9.78 Å². The Morgan fingerprint density at radius 1 is 1.19 bits per heavy atom. The van der Waals surface area contributed by atoms with E-state index in [1.165, 1.54) is 0 Å². The summed E-state index contributed by atoms with van der Waals surface area (Å²) in [6.07, 6.45) is -0.830. The Morgan fingerprint density at radius 2 is 1.88 bits per heavy atom. The quantitative estimate of drug-likeness (QED) is 0.465. The number of aryl methyl sites for hydroxylation is 1.